The van der Waals surface area contributed by atoms with E-state index in [0.29, 0.717) is 0 Å². The average molecular weight is 271 g/mol. The Bertz CT molecular complexity index is 362. The van der Waals surface area contributed by atoms with E-state index in [-0.39, 0.29) is 0 Å². The molecule has 1 heterocycles. The molecule has 0 bridgehead atoms. The van der Waals surface area contributed by atoms with Crippen LogP contribution in [0.4, 0.5) is 11.4 Å². The lowest BCUT2D eigenvalue weighted by Gasteiger charge is -2.22. The molecule has 1 saturated heterocycles. The van der Waals surface area contributed by atoms with Gasteiger partial charge >= 0.3 is 0 Å². The molecule has 0 aliphatic carbocycles. The molecule has 3 nitrogen and oxygen atoms in total. The van der Waals surface area contributed by atoms with E-state index >= 15 is 0 Å². The fourth-order valence-corrected chi connectivity index (χ4v) is 2.71. The average Bonchev–Trinajstić information content (AvgIpc) is 2.69. The molecule has 0 aromatic heterocycles. The molecule has 4 heteroatoms. The monoisotopic (exact) mass is 270 g/mol. The van der Waals surface area contributed by atoms with Crippen molar-refractivity contribution in [2.24, 2.45) is 0 Å². The highest BCUT2D eigenvalue weighted by Gasteiger charge is 2.19. The maximum absolute atomic E-state index is 5.77. The Morgan fingerprint density at radius 2 is 2.00 bits per heavy atom. The van der Waals surface area contributed by atoms with Gasteiger partial charge in [-0.05, 0) is 34.8 Å². The van der Waals surface area contributed by atoms with Crippen molar-refractivity contribution < 1.29 is 4.74 Å². The summed E-state index contributed by atoms with van der Waals surface area (Å²) in [6.07, 6.45) is 2.50. The minimum atomic E-state index is 0.724. The number of halogens is 1. The van der Waals surface area contributed by atoms with Crippen molar-refractivity contribution in [2.45, 2.75) is 12.8 Å². The van der Waals surface area contributed by atoms with Gasteiger partial charge in [-0.25, -0.2) is 0 Å². The zero-order valence-electron chi connectivity index (χ0n) is 8.79. The second kappa shape index (κ2) is 4.31. The maximum atomic E-state index is 5.77. The lowest BCUT2D eigenvalue weighted by Crippen LogP contribution is -2.19. The third-order valence-corrected chi connectivity index (χ3v) is 3.30. The molecular weight excluding hydrogens is 256 g/mol. The molecule has 0 saturated carbocycles. The third-order valence-electron chi connectivity index (χ3n) is 2.69. The molecule has 15 heavy (non-hydrogen) atoms. The number of methoxy groups -OCH3 is 1. The zero-order chi connectivity index (χ0) is 10.8. The van der Waals surface area contributed by atoms with E-state index in [1.807, 2.05) is 12.1 Å². The summed E-state index contributed by atoms with van der Waals surface area (Å²) in [7, 11) is 1.68. The number of anilines is 2. The summed E-state index contributed by atoms with van der Waals surface area (Å²) in [5, 5.41) is 0. The number of nitrogens with zero attached hydrogens (tertiary/aromatic N) is 1. The molecule has 0 spiro atoms. The van der Waals surface area contributed by atoms with E-state index in [4.69, 9.17) is 10.5 Å². The number of hydrogen-bond donors (Lipinski definition) is 1. The summed E-state index contributed by atoms with van der Waals surface area (Å²) in [4.78, 5) is 2.34. The van der Waals surface area contributed by atoms with E-state index in [2.05, 4.69) is 20.8 Å². The fraction of sp³-hybridized carbons (Fsp3) is 0.455. The quantitative estimate of drug-likeness (QED) is 0.840. The topological polar surface area (TPSA) is 38.5 Å². The van der Waals surface area contributed by atoms with Crippen LogP contribution in [0.1, 0.15) is 12.8 Å². The highest BCUT2D eigenvalue weighted by molar-refractivity contribution is 9.10. The SMILES string of the molecule is COc1cc(N)cc(Br)c1N1CCCC1. The smallest absolute Gasteiger partial charge is 0.145 e. The Hall–Kier alpha value is -0.900. The summed E-state index contributed by atoms with van der Waals surface area (Å²) in [5.41, 5.74) is 7.63. The normalized spacial score (nSPS) is 15.7. The van der Waals surface area contributed by atoms with Crippen LogP contribution in [0.3, 0.4) is 0 Å². The van der Waals surface area contributed by atoms with Crippen LogP contribution in [0.2, 0.25) is 0 Å². The lowest BCUT2D eigenvalue weighted by atomic mass is 10.2. The Morgan fingerprint density at radius 1 is 1.33 bits per heavy atom. The molecule has 1 aliphatic rings. The van der Waals surface area contributed by atoms with Gasteiger partial charge in [-0.3, -0.25) is 0 Å². The van der Waals surface area contributed by atoms with Gasteiger partial charge in [0, 0.05) is 29.3 Å². The molecule has 2 rings (SSSR count). The molecule has 0 radical (unpaired) electrons. The van der Waals surface area contributed by atoms with Crippen LogP contribution in [0.25, 0.3) is 0 Å². The lowest BCUT2D eigenvalue weighted by molar-refractivity contribution is 0.415. The van der Waals surface area contributed by atoms with Crippen LogP contribution in [-0.4, -0.2) is 20.2 Å². The zero-order valence-corrected chi connectivity index (χ0v) is 10.4. The molecule has 1 aromatic rings. The van der Waals surface area contributed by atoms with E-state index in [9.17, 15) is 0 Å². The summed E-state index contributed by atoms with van der Waals surface area (Å²) in [5.74, 6) is 0.851. The minimum Gasteiger partial charge on any atom is -0.494 e. The standard InChI is InChI=1S/C11H15BrN2O/c1-15-10-7-8(13)6-9(12)11(10)14-4-2-3-5-14/h6-7H,2-5,13H2,1H3. The Labute approximate surface area is 98.3 Å². The highest BCUT2D eigenvalue weighted by atomic mass is 79.9. The van der Waals surface area contributed by atoms with Crippen molar-refractivity contribution in [1.82, 2.24) is 0 Å². The van der Waals surface area contributed by atoms with E-state index in [1.165, 1.54) is 12.8 Å². The van der Waals surface area contributed by atoms with Crippen LogP contribution in [0.5, 0.6) is 5.75 Å². The van der Waals surface area contributed by atoms with E-state index < -0.39 is 0 Å². The first-order chi connectivity index (χ1) is 7.22. The van der Waals surface area contributed by atoms with Gasteiger partial charge in [-0.2, -0.15) is 0 Å². The van der Waals surface area contributed by atoms with Crippen molar-refractivity contribution >= 4 is 27.3 Å². The Balaban J connectivity index is 2.43. The fourth-order valence-electron chi connectivity index (χ4n) is 2.00. The summed E-state index contributed by atoms with van der Waals surface area (Å²) >= 11 is 3.55. The van der Waals surface area contributed by atoms with Gasteiger partial charge in [0.25, 0.3) is 0 Å². The summed E-state index contributed by atoms with van der Waals surface area (Å²) in [6.45, 7) is 2.19. The van der Waals surface area contributed by atoms with Crippen molar-refractivity contribution in [3.8, 4) is 5.75 Å². The molecular formula is C11H15BrN2O. The van der Waals surface area contributed by atoms with Crippen LogP contribution in [0, 0.1) is 0 Å². The molecule has 1 aromatic carbocycles. The van der Waals surface area contributed by atoms with Crippen LogP contribution >= 0.6 is 15.9 Å². The van der Waals surface area contributed by atoms with Gasteiger partial charge in [0.1, 0.15) is 5.75 Å². The van der Waals surface area contributed by atoms with Gasteiger partial charge in [0.2, 0.25) is 0 Å². The molecule has 1 aliphatic heterocycles. The third kappa shape index (κ3) is 2.04. The van der Waals surface area contributed by atoms with Crippen molar-refractivity contribution in [3.63, 3.8) is 0 Å². The first kappa shape index (κ1) is 10.6. The number of hydrogen-bond acceptors (Lipinski definition) is 3. The van der Waals surface area contributed by atoms with Gasteiger partial charge in [-0.15, -0.1) is 0 Å². The Morgan fingerprint density at radius 3 is 2.60 bits per heavy atom. The second-order valence-corrected chi connectivity index (χ2v) is 4.60. The minimum absolute atomic E-state index is 0.724. The number of rotatable bonds is 2. The first-order valence-corrected chi connectivity index (χ1v) is 5.89. The van der Waals surface area contributed by atoms with E-state index in [0.717, 1.165) is 34.7 Å². The van der Waals surface area contributed by atoms with Crippen LogP contribution in [-0.2, 0) is 0 Å². The first-order valence-electron chi connectivity index (χ1n) is 5.10. The van der Waals surface area contributed by atoms with Crippen LogP contribution < -0.4 is 15.4 Å². The van der Waals surface area contributed by atoms with Crippen LogP contribution in [0.15, 0.2) is 16.6 Å². The molecule has 1 fully saturated rings. The molecule has 82 valence electrons. The van der Waals surface area contributed by atoms with Gasteiger partial charge in [0.05, 0.1) is 12.8 Å². The molecule has 0 unspecified atom stereocenters. The molecule has 2 N–H and O–H groups in total. The van der Waals surface area contributed by atoms with Crippen molar-refractivity contribution in [3.05, 3.63) is 16.6 Å². The number of ether oxygens (including phenoxy) is 1. The van der Waals surface area contributed by atoms with Crippen molar-refractivity contribution in [2.75, 3.05) is 30.8 Å². The summed E-state index contributed by atoms with van der Waals surface area (Å²) < 4.78 is 6.38. The predicted molar refractivity (Wildman–Crippen MR) is 66.6 cm³/mol. The largest absolute Gasteiger partial charge is 0.494 e. The number of nitrogen functional groups attached to an aromatic ring is 1. The Kier molecular flexibility index (Phi) is 3.05. The molecule has 0 atom stereocenters. The second-order valence-electron chi connectivity index (χ2n) is 3.75. The predicted octanol–water partition coefficient (Wildman–Crippen LogP) is 2.64. The number of benzene rings is 1. The number of nitrogens with two attached hydrogens (primary N) is 1. The summed E-state index contributed by atoms with van der Waals surface area (Å²) in [6, 6.07) is 3.80. The van der Waals surface area contributed by atoms with Crippen molar-refractivity contribution in [1.29, 1.82) is 0 Å². The highest BCUT2D eigenvalue weighted by Crippen LogP contribution is 2.39. The van der Waals surface area contributed by atoms with Gasteiger partial charge in [0.15, 0.2) is 0 Å². The van der Waals surface area contributed by atoms with E-state index in [1.54, 1.807) is 7.11 Å². The van der Waals surface area contributed by atoms with Gasteiger partial charge in [-0.1, -0.05) is 0 Å². The molecule has 0 amide bonds. The maximum Gasteiger partial charge on any atom is 0.145 e. The van der Waals surface area contributed by atoms with Gasteiger partial charge < -0.3 is 15.4 Å².